The van der Waals surface area contributed by atoms with Gasteiger partial charge in [-0.1, -0.05) is 28.1 Å². The predicted molar refractivity (Wildman–Crippen MR) is 73.1 cm³/mol. The minimum Gasteiger partial charge on any atom is -0.387 e. The van der Waals surface area contributed by atoms with E-state index in [0.29, 0.717) is 19.5 Å². The molecule has 5 heteroatoms. The first-order valence-electron chi connectivity index (χ1n) is 6.09. The molecule has 3 N–H and O–H groups in total. The Bertz CT molecular complexity index is 415. The van der Waals surface area contributed by atoms with E-state index in [2.05, 4.69) is 26.6 Å². The highest BCUT2D eigenvalue weighted by atomic mass is 79.9. The lowest BCUT2D eigenvalue weighted by Crippen LogP contribution is -2.46. The molecule has 0 saturated carbocycles. The molecule has 0 aromatic heterocycles. The number of rotatable bonds is 4. The van der Waals surface area contributed by atoms with Crippen LogP contribution in [0.3, 0.4) is 0 Å². The van der Waals surface area contributed by atoms with Gasteiger partial charge in [-0.25, -0.2) is 0 Å². The predicted octanol–water partition coefficient (Wildman–Crippen LogP) is 1.35. The Balaban J connectivity index is 1.81. The second-order valence-electron chi connectivity index (χ2n) is 4.52. The van der Waals surface area contributed by atoms with Crippen LogP contribution in [-0.2, 0) is 4.79 Å². The molecular weight excluding hydrogens is 296 g/mol. The highest BCUT2D eigenvalue weighted by Crippen LogP contribution is 2.17. The average molecular weight is 313 g/mol. The molecule has 0 radical (unpaired) electrons. The third kappa shape index (κ3) is 3.80. The van der Waals surface area contributed by atoms with Gasteiger partial charge in [-0.3, -0.25) is 4.79 Å². The lowest BCUT2D eigenvalue weighted by Gasteiger charge is -2.24. The van der Waals surface area contributed by atoms with Crippen LogP contribution in [-0.4, -0.2) is 30.1 Å². The summed E-state index contributed by atoms with van der Waals surface area (Å²) < 4.78 is 0.962. The topological polar surface area (TPSA) is 61.4 Å². The summed E-state index contributed by atoms with van der Waals surface area (Å²) in [5, 5.41) is 16.2. The molecular formula is C13H17BrN2O2. The number of halogens is 1. The van der Waals surface area contributed by atoms with Crippen LogP contribution in [0, 0.1) is 0 Å². The van der Waals surface area contributed by atoms with Gasteiger partial charge in [-0.15, -0.1) is 0 Å². The van der Waals surface area contributed by atoms with Gasteiger partial charge in [0.25, 0.3) is 0 Å². The molecule has 18 heavy (non-hydrogen) atoms. The monoisotopic (exact) mass is 312 g/mol. The summed E-state index contributed by atoms with van der Waals surface area (Å²) in [4.78, 5) is 11.0. The van der Waals surface area contributed by atoms with Crippen molar-refractivity contribution in [3.63, 3.8) is 0 Å². The summed E-state index contributed by atoms with van der Waals surface area (Å²) in [6.45, 7) is 1.14. The van der Waals surface area contributed by atoms with Crippen LogP contribution in [0.25, 0.3) is 0 Å². The quantitative estimate of drug-likeness (QED) is 0.786. The second kappa shape index (κ2) is 6.31. The molecule has 1 aliphatic heterocycles. The van der Waals surface area contributed by atoms with E-state index in [9.17, 15) is 9.90 Å². The van der Waals surface area contributed by atoms with E-state index in [4.69, 9.17) is 0 Å². The van der Waals surface area contributed by atoms with E-state index in [1.54, 1.807) is 0 Å². The van der Waals surface area contributed by atoms with Crippen LogP contribution in [0.5, 0.6) is 0 Å². The average Bonchev–Trinajstić information content (AvgIpc) is 2.38. The Morgan fingerprint density at radius 3 is 3.06 bits per heavy atom. The Hall–Kier alpha value is -0.910. The molecule has 0 bridgehead atoms. The van der Waals surface area contributed by atoms with Gasteiger partial charge in [0.2, 0.25) is 5.91 Å². The third-order valence-electron chi connectivity index (χ3n) is 3.10. The molecule has 1 amide bonds. The molecule has 1 saturated heterocycles. The maximum atomic E-state index is 11.0. The van der Waals surface area contributed by atoms with E-state index in [1.807, 2.05) is 24.3 Å². The molecule has 2 unspecified atom stereocenters. The van der Waals surface area contributed by atoms with E-state index in [0.717, 1.165) is 16.5 Å². The molecule has 1 heterocycles. The van der Waals surface area contributed by atoms with Crippen LogP contribution in [0.4, 0.5) is 0 Å². The number of hydrogen-bond acceptors (Lipinski definition) is 3. The number of benzene rings is 1. The fourth-order valence-electron chi connectivity index (χ4n) is 2.02. The van der Waals surface area contributed by atoms with Crippen molar-refractivity contribution in [3.05, 3.63) is 34.3 Å². The highest BCUT2D eigenvalue weighted by Gasteiger charge is 2.18. The Morgan fingerprint density at radius 1 is 1.56 bits per heavy atom. The van der Waals surface area contributed by atoms with Crippen LogP contribution >= 0.6 is 15.9 Å². The van der Waals surface area contributed by atoms with E-state index in [-0.39, 0.29) is 11.9 Å². The van der Waals surface area contributed by atoms with E-state index in [1.165, 1.54) is 0 Å². The maximum Gasteiger partial charge on any atom is 0.220 e. The van der Waals surface area contributed by atoms with Gasteiger partial charge in [-0.2, -0.15) is 0 Å². The molecule has 0 aliphatic carbocycles. The third-order valence-corrected chi connectivity index (χ3v) is 3.59. The first kappa shape index (κ1) is 13.5. The molecule has 1 fully saturated rings. The van der Waals surface area contributed by atoms with Crippen molar-refractivity contribution in [1.82, 2.24) is 10.6 Å². The zero-order chi connectivity index (χ0) is 13.0. The molecule has 4 nitrogen and oxygen atoms in total. The maximum absolute atomic E-state index is 11.0. The summed E-state index contributed by atoms with van der Waals surface area (Å²) in [6, 6.07) is 7.91. The summed E-state index contributed by atoms with van der Waals surface area (Å²) >= 11 is 3.39. The summed E-state index contributed by atoms with van der Waals surface area (Å²) in [7, 11) is 0. The number of aliphatic hydroxyl groups is 1. The summed E-state index contributed by atoms with van der Waals surface area (Å²) in [5.41, 5.74) is 0.886. The second-order valence-corrected chi connectivity index (χ2v) is 5.43. The van der Waals surface area contributed by atoms with E-state index >= 15 is 0 Å². The Kier molecular flexibility index (Phi) is 4.74. The molecule has 2 rings (SSSR count). The number of nitrogens with one attached hydrogen (secondary N) is 2. The van der Waals surface area contributed by atoms with Crippen molar-refractivity contribution in [1.29, 1.82) is 0 Å². The number of amides is 1. The Morgan fingerprint density at radius 2 is 2.39 bits per heavy atom. The largest absolute Gasteiger partial charge is 0.387 e. The zero-order valence-corrected chi connectivity index (χ0v) is 11.6. The van der Waals surface area contributed by atoms with Gasteiger partial charge in [0.1, 0.15) is 0 Å². The standard InChI is InChI=1S/C13H17BrN2O2/c14-10-3-1-2-9(6-10)12(17)8-15-11-4-5-13(18)16-7-11/h1-3,6,11-12,15,17H,4-5,7-8H2,(H,16,18). The number of aliphatic hydroxyl groups excluding tert-OH is 1. The molecule has 2 atom stereocenters. The molecule has 1 aromatic rings. The van der Waals surface area contributed by atoms with Crippen molar-refractivity contribution in [2.24, 2.45) is 0 Å². The lowest BCUT2D eigenvalue weighted by molar-refractivity contribution is -0.122. The number of piperidine rings is 1. The van der Waals surface area contributed by atoms with Crippen LogP contribution < -0.4 is 10.6 Å². The fraction of sp³-hybridized carbons (Fsp3) is 0.462. The zero-order valence-electron chi connectivity index (χ0n) is 10.0. The van der Waals surface area contributed by atoms with Crippen molar-refractivity contribution >= 4 is 21.8 Å². The molecule has 1 aliphatic rings. The highest BCUT2D eigenvalue weighted by molar-refractivity contribution is 9.10. The minimum absolute atomic E-state index is 0.112. The van der Waals surface area contributed by atoms with Gasteiger partial charge in [0, 0.05) is 30.0 Å². The first-order valence-corrected chi connectivity index (χ1v) is 6.88. The fourth-order valence-corrected chi connectivity index (χ4v) is 2.43. The molecule has 1 aromatic carbocycles. The van der Waals surface area contributed by atoms with Crippen LogP contribution in [0.15, 0.2) is 28.7 Å². The number of carbonyl (C=O) groups is 1. The van der Waals surface area contributed by atoms with Crippen molar-refractivity contribution < 1.29 is 9.90 Å². The Labute approximate surface area is 115 Å². The van der Waals surface area contributed by atoms with Crippen molar-refractivity contribution in [3.8, 4) is 0 Å². The molecule has 98 valence electrons. The van der Waals surface area contributed by atoms with Crippen LogP contribution in [0.2, 0.25) is 0 Å². The van der Waals surface area contributed by atoms with Gasteiger partial charge in [0.05, 0.1) is 6.10 Å². The number of carbonyl (C=O) groups excluding carboxylic acids is 1. The van der Waals surface area contributed by atoms with Crippen molar-refractivity contribution in [2.45, 2.75) is 25.0 Å². The smallest absolute Gasteiger partial charge is 0.220 e. The van der Waals surface area contributed by atoms with Gasteiger partial charge < -0.3 is 15.7 Å². The lowest BCUT2D eigenvalue weighted by atomic mass is 10.1. The van der Waals surface area contributed by atoms with Crippen molar-refractivity contribution in [2.75, 3.05) is 13.1 Å². The SMILES string of the molecule is O=C1CCC(NCC(O)c2cccc(Br)c2)CN1. The summed E-state index contributed by atoms with van der Waals surface area (Å²) in [5.74, 6) is 0.112. The van der Waals surface area contributed by atoms with Gasteiger partial charge in [-0.05, 0) is 24.1 Å². The van der Waals surface area contributed by atoms with E-state index < -0.39 is 6.10 Å². The minimum atomic E-state index is -0.528. The normalized spacial score (nSPS) is 21.4. The van der Waals surface area contributed by atoms with Gasteiger partial charge >= 0.3 is 0 Å². The first-order chi connectivity index (χ1) is 8.65. The number of hydrogen-bond donors (Lipinski definition) is 3. The molecule has 0 spiro atoms. The van der Waals surface area contributed by atoms with Crippen LogP contribution in [0.1, 0.15) is 24.5 Å². The summed E-state index contributed by atoms with van der Waals surface area (Å²) in [6.07, 6.45) is 0.863. The van der Waals surface area contributed by atoms with Gasteiger partial charge in [0.15, 0.2) is 0 Å².